The van der Waals surface area contributed by atoms with Crippen LogP contribution >= 0.6 is 0 Å². The fourth-order valence-electron chi connectivity index (χ4n) is 4.72. The Balaban J connectivity index is 1.47. The monoisotopic (exact) mass is 510 g/mol. The second-order valence-corrected chi connectivity index (χ2v) is 9.56. The van der Waals surface area contributed by atoms with Crippen molar-refractivity contribution in [3.63, 3.8) is 0 Å². The van der Waals surface area contributed by atoms with Gasteiger partial charge in [0.25, 0.3) is 5.91 Å². The topological polar surface area (TPSA) is 57.0 Å². The van der Waals surface area contributed by atoms with E-state index < -0.39 is 0 Å². The Hall–Kier alpha value is -4.13. The molecular weight excluding hydrogens is 472 g/mol. The van der Waals surface area contributed by atoms with E-state index in [1.54, 1.807) is 12.4 Å². The van der Waals surface area contributed by atoms with E-state index in [4.69, 9.17) is 0 Å². The molecule has 1 aromatic heterocycles. The zero-order chi connectivity index (χ0) is 27.1. The number of allylic oxidation sites excluding steroid dienone is 1. The molecule has 3 aromatic rings. The summed E-state index contributed by atoms with van der Waals surface area (Å²) in [6, 6.07) is 18.4. The Morgan fingerprint density at radius 2 is 1.79 bits per heavy atom. The maximum Gasteiger partial charge on any atom is 0.257 e. The third-order valence-electron chi connectivity index (χ3n) is 6.85. The molecule has 7 heteroatoms. The van der Waals surface area contributed by atoms with Crippen molar-refractivity contribution >= 4 is 17.8 Å². The Morgan fingerprint density at radius 3 is 2.45 bits per heavy atom. The summed E-state index contributed by atoms with van der Waals surface area (Å²) in [7, 11) is 2.01. The van der Waals surface area contributed by atoms with Gasteiger partial charge in [-0.1, -0.05) is 50.3 Å². The zero-order valence-corrected chi connectivity index (χ0v) is 23.0. The molecule has 0 saturated carbocycles. The lowest BCUT2D eigenvalue weighted by Gasteiger charge is -2.36. The van der Waals surface area contributed by atoms with Crippen molar-refractivity contribution in [1.82, 2.24) is 19.6 Å². The van der Waals surface area contributed by atoms with E-state index in [9.17, 15) is 4.79 Å². The van der Waals surface area contributed by atoms with Gasteiger partial charge >= 0.3 is 0 Å². The molecular formula is C31H38N6O. The number of amides is 1. The Labute approximate surface area is 226 Å². The number of piperazine rings is 1. The molecule has 1 aliphatic heterocycles. The summed E-state index contributed by atoms with van der Waals surface area (Å²) in [5.74, 6) is 0.899. The van der Waals surface area contributed by atoms with Gasteiger partial charge in [0.05, 0.1) is 23.1 Å². The highest BCUT2D eigenvalue weighted by Crippen LogP contribution is 2.23. The summed E-state index contributed by atoms with van der Waals surface area (Å²) >= 11 is 0. The van der Waals surface area contributed by atoms with Crippen LogP contribution in [0.2, 0.25) is 0 Å². The van der Waals surface area contributed by atoms with Crippen molar-refractivity contribution in [2.45, 2.75) is 33.6 Å². The van der Waals surface area contributed by atoms with Gasteiger partial charge in [-0.3, -0.25) is 4.79 Å². The smallest absolute Gasteiger partial charge is 0.257 e. The van der Waals surface area contributed by atoms with Crippen molar-refractivity contribution in [3.05, 3.63) is 102 Å². The second kappa shape index (κ2) is 12.4. The van der Waals surface area contributed by atoms with E-state index in [-0.39, 0.29) is 5.91 Å². The van der Waals surface area contributed by atoms with Crippen LogP contribution in [0.3, 0.4) is 0 Å². The Kier molecular flexibility index (Phi) is 8.79. The number of likely N-dealkylation sites (N-methyl/N-ethyl adjacent to an activating group) is 1. The summed E-state index contributed by atoms with van der Waals surface area (Å²) in [5, 5.41) is 4.58. The summed E-state index contributed by atoms with van der Waals surface area (Å²) < 4.78 is 1.90. The molecule has 7 nitrogen and oxygen atoms in total. The first-order chi connectivity index (χ1) is 18.4. The molecule has 0 unspecified atom stereocenters. The average molecular weight is 511 g/mol. The van der Waals surface area contributed by atoms with Crippen LogP contribution in [0.4, 0.5) is 5.69 Å². The quantitative estimate of drug-likeness (QED) is 0.283. The lowest BCUT2D eigenvalue weighted by atomic mass is 10.1. The lowest BCUT2D eigenvalue weighted by Crippen LogP contribution is -2.48. The third-order valence-corrected chi connectivity index (χ3v) is 6.85. The number of anilines is 1. The number of carbonyl (C=O) groups excluding carboxylic acids is 1. The number of benzene rings is 2. The lowest BCUT2D eigenvalue weighted by molar-refractivity contribution is 0.0667. The molecule has 38 heavy (non-hydrogen) atoms. The summed E-state index contributed by atoms with van der Waals surface area (Å²) in [5.41, 5.74) is 5.78. The molecule has 0 aliphatic carbocycles. The van der Waals surface area contributed by atoms with Gasteiger partial charge in [0.2, 0.25) is 0 Å². The number of aromatic nitrogens is 2. The van der Waals surface area contributed by atoms with Gasteiger partial charge in [0.15, 0.2) is 0 Å². The van der Waals surface area contributed by atoms with Crippen molar-refractivity contribution in [2.75, 3.05) is 38.1 Å². The van der Waals surface area contributed by atoms with Crippen molar-refractivity contribution in [3.8, 4) is 5.69 Å². The predicted molar refractivity (Wildman–Crippen MR) is 156 cm³/mol. The predicted octanol–water partition coefficient (Wildman–Crippen LogP) is 5.47. The van der Waals surface area contributed by atoms with Crippen molar-refractivity contribution < 1.29 is 4.79 Å². The molecule has 0 N–H and O–H groups in total. The fourth-order valence-corrected chi connectivity index (χ4v) is 4.72. The maximum atomic E-state index is 13.6. The van der Waals surface area contributed by atoms with Crippen LogP contribution < -0.4 is 4.90 Å². The first kappa shape index (κ1) is 26.9. The highest BCUT2D eigenvalue weighted by molar-refractivity contribution is 5.95. The minimum atomic E-state index is 0.0448. The summed E-state index contributed by atoms with van der Waals surface area (Å²) in [6.07, 6.45) is 7.28. The molecule has 4 rings (SSSR count). The number of hydrogen-bond acceptors (Lipinski definition) is 5. The van der Waals surface area contributed by atoms with Crippen LogP contribution in [-0.2, 0) is 6.42 Å². The first-order valence-electron chi connectivity index (χ1n) is 13.3. The Bertz CT molecular complexity index is 1320. The van der Waals surface area contributed by atoms with E-state index in [1.165, 1.54) is 5.56 Å². The number of rotatable bonds is 9. The molecule has 0 spiro atoms. The van der Waals surface area contributed by atoms with Crippen LogP contribution in [-0.4, -0.2) is 64.9 Å². The van der Waals surface area contributed by atoms with E-state index in [1.807, 2.05) is 60.0 Å². The van der Waals surface area contributed by atoms with Crippen LogP contribution in [0.5, 0.6) is 0 Å². The number of nitrogens with zero attached hydrogens (tertiary/aromatic N) is 6. The summed E-state index contributed by atoms with van der Waals surface area (Å²) in [6.45, 7) is 13.1. The molecule has 1 aliphatic rings. The molecule has 0 radical (unpaired) electrons. The minimum absolute atomic E-state index is 0.0448. The van der Waals surface area contributed by atoms with E-state index in [0.29, 0.717) is 31.7 Å². The zero-order valence-electron chi connectivity index (χ0n) is 23.0. The van der Waals surface area contributed by atoms with E-state index in [0.717, 1.165) is 41.4 Å². The van der Waals surface area contributed by atoms with Gasteiger partial charge in [0.1, 0.15) is 5.82 Å². The number of aliphatic imine (C=N–C) groups is 1. The van der Waals surface area contributed by atoms with Crippen LogP contribution in [0.1, 0.15) is 41.9 Å². The molecule has 1 fully saturated rings. The van der Waals surface area contributed by atoms with Gasteiger partial charge in [-0.25, -0.2) is 9.67 Å². The normalized spacial score (nSPS) is 14.3. The average Bonchev–Trinajstić information content (AvgIpc) is 3.36. The highest BCUT2D eigenvalue weighted by Gasteiger charge is 2.27. The fraction of sp³-hybridized carbons (Fsp3) is 0.323. The van der Waals surface area contributed by atoms with E-state index in [2.05, 4.69) is 64.6 Å². The van der Waals surface area contributed by atoms with E-state index >= 15 is 0 Å². The van der Waals surface area contributed by atoms with Crippen LogP contribution in [0.15, 0.2) is 90.0 Å². The molecule has 198 valence electrons. The molecule has 0 atom stereocenters. The number of hydrogen-bond donors (Lipinski definition) is 0. The largest absolute Gasteiger partial charge is 0.353 e. The third kappa shape index (κ3) is 6.05. The molecule has 1 amide bonds. The van der Waals surface area contributed by atoms with Gasteiger partial charge in [0, 0.05) is 56.9 Å². The van der Waals surface area contributed by atoms with Gasteiger partial charge < -0.3 is 14.7 Å². The number of aryl methyl sites for hydroxylation is 1. The van der Waals surface area contributed by atoms with Crippen LogP contribution in [0.25, 0.3) is 5.69 Å². The number of para-hydroxylation sites is 1. The molecule has 2 aromatic carbocycles. The highest BCUT2D eigenvalue weighted by atomic mass is 16.2. The first-order valence-corrected chi connectivity index (χ1v) is 13.3. The van der Waals surface area contributed by atoms with Crippen LogP contribution in [0, 0.1) is 6.92 Å². The SMILES string of the molecule is C=C(/C=C(\N=C/C)N1CCN(C(=O)c2cnn(-c3ccccc3)c2CCC)CC1)N(C)c1cccc(C)c1. The van der Waals surface area contributed by atoms with Gasteiger partial charge in [-0.2, -0.15) is 5.10 Å². The molecule has 0 bridgehead atoms. The summed E-state index contributed by atoms with van der Waals surface area (Å²) in [4.78, 5) is 24.4. The standard InChI is InChI=1S/C31H38N6O/c1-6-12-29-28(23-33-37(29)26-14-9-8-10-15-26)31(38)36-19-17-35(18-20-36)30(32-7-2)22-25(4)34(5)27-16-11-13-24(3)21-27/h7-11,13-16,21-23H,4,6,12,17-20H2,1-3,5H3/b30-22+,32-7-. The Morgan fingerprint density at radius 1 is 1.08 bits per heavy atom. The second-order valence-electron chi connectivity index (χ2n) is 9.56. The number of carbonyl (C=O) groups is 1. The van der Waals surface area contributed by atoms with Gasteiger partial charge in [-0.15, -0.1) is 0 Å². The molecule has 2 heterocycles. The van der Waals surface area contributed by atoms with Crippen molar-refractivity contribution in [2.24, 2.45) is 4.99 Å². The molecule has 1 saturated heterocycles. The van der Waals surface area contributed by atoms with Crippen molar-refractivity contribution in [1.29, 1.82) is 0 Å². The maximum absolute atomic E-state index is 13.6. The van der Waals surface area contributed by atoms with Gasteiger partial charge in [-0.05, 0) is 50.1 Å². The minimum Gasteiger partial charge on any atom is -0.353 e.